The molecule has 1 aromatic heterocycles. The second-order valence-corrected chi connectivity index (χ2v) is 21.8. The van der Waals surface area contributed by atoms with Gasteiger partial charge in [-0.05, 0) is 81.4 Å². The van der Waals surface area contributed by atoms with Crippen molar-refractivity contribution in [3.05, 3.63) is 75.4 Å². The Labute approximate surface area is 267 Å². The fourth-order valence-electron chi connectivity index (χ4n) is 4.29. The van der Waals surface area contributed by atoms with Gasteiger partial charge >= 0.3 is 0 Å². The molecule has 0 aliphatic rings. The van der Waals surface area contributed by atoms with E-state index in [1.54, 1.807) is 68.8 Å². The van der Waals surface area contributed by atoms with Crippen LogP contribution < -0.4 is 9.47 Å². The highest BCUT2D eigenvalue weighted by Crippen LogP contribution is 2.38. The normalized spacial score (nSPS) is 12.4. The number of methoxy groups -OCH3 is 2. The molecule has 0 amide bonds. The van der Waals surface area contributed by atoms with Crippen LogP contribution in [0.5, 0.6) is 11.5 Å². The Hall–Kier alpha value is -2.86. The van der Waals surface area contributed by atoms with Gasteiger partial charge in [-0.15, -0.1) is 10.2 Å². The van der Waals surface area contributed by atoms with Crippen LogP contribution in [0, 0.1) is 3.57 Å². The highest BCUT2D eigenvalue weighted by Gasteiger charge is 2.37. The minimum absolute atomic E-state index is 0.0148. The van der Waals surface area contributed by atoms with E-state index in [0.717, 1.165) is 0 Å². The van der Waals surface area contributed by atoms with Gasteiger partial charge in [-0.3, -0.25) is 0 Å². The number of nitrogens with one attached hydrogen (secondary N) is 1. The molecule has 0 aliphatic carbocycles. The van der Waals surface area contributed by atoms with Gasteiger partial charge < -0.3 is 9.47 Å². The number of tetrazole rings is 1. The summed E-state index contributed by atoms with van der Waals surface area (Å²) in [5, 5.41) is 14.1. The molecule has 0 radical (unpaired) electrons. The molecule has 0 aliphatic heterocycles. The van der Waals surface area contributed by atoms with Crippen molar-refractivity contribution in [3.63, 3.8) is 0 Å². The van der Waals surface area contributed by atoms with Crippen molar-refractivity contribution >= 4 is 50.5 Å². The van der Waals surface area contributed by atoms with E-state index in [4.69, 9.17) is 9.47 Å². The zero-order valence-electron chi connectivity index (χ0n) is 24.5. The van der Waals surface area contributed by atoms with Crippen molar-refractivity contribution in [2.24, 2.45) is 0 Å². The minimum atomic E-state index is -4.50. The first-order valence-corrected chi connectivity index (χ1v) is 21.2. The number of hydrogen-bond donors (Lipinski definition) is 1. The minimum Gasteiger partial charge on any atom is -0.497 e. The van der Waals surface area contributed by atoms with E-state index in [1.165, 1.54) is 10.4 Å². The summed E-state index contributed by atoms with van der Waals surface area (Å²) in [6.45, 7) is 6.15. The first-order chi connectivity index (χ1) is 20.2. The number of hydrogen-bond acceptors (Lipinski definition) is 9. The molecule has 15 heteroatoms. The quantitative estimate of drug-likeness (QED) is 0.147. The van der Waals surface area contributed by atoms with Crippen molar-refractivity contribution in [1.82, 2.24) is 24.9 Å². The first kappa shape index (κ1) is 33.0. The Bertz CT molecular complexity index is 1710. The van der Waals surface area contributed by atoms with Crippen LogP contribution in [0.4, 0.5) is 0 Å². The van der Waals surface area contributed by atoms with E-state index in [2.05, 4.69) is 40.3 Å². The lowest BCUT2D eigenvalue weighted by molar-refractivity contribution is 0.396. The standard InChI is InChI=1S/C28H34IN5O6S2Si/c1-39-22-10-6-20(7-11-22)18-34(19-21-8-12-23(40-2)13-9-21)42(37,38)27-25(41(35,36)16-17-43(3,4)5)15-14-24(29)26(27)28-30-32-33-31-28/h6-15H,16-19H2,1-5H3,(H,30,31,32,33). The van der Waals surface area contributed by atoms with Gasteiger partial charge in [0.2, 0.25) is 15.8 Å². The third-order valence-electron chi connectivity index (χ3n) is 6.73. The zero-order chi connectivity index (χ0) is 31.4. The molecule has 11 nitrogen and oxygen atoms in total. The monoisotopic (exact) mass is 755 g/mol. The van der Waals surface area contributed by atoms with Gasteiger partial charge in [0.25, 0.3) is 0 Å². The lowest BCUT2D eigenvalue weighted by Gasteiger charge is -2.26. The summed E-state index contributed by atoms with van der Waals surface area (Å²) in [4.78, 5) is -0.640. The number of sulfone groups is 1. The van der Waals surface area contributed by atoms with E-state index < -0.39 is 27.9 Å². The maximum Gasteiger partial charge on any atom is 0.245 e. The molecular formula is C28H34IN5O6S2Si. The van der Waals surface area contributed by atoms with Crippen LogP contribution in [0.2, 0.25) is 25.7 Å². The predicted molar refractivity (Wildman–Crippen MR) is 175 cm³/mol. The third-order valence-corrected chi connectivity index (χ3v) is 13.5. The fraction of sp³-hybridized carbons (Fsp3) is 0.321. The number of nitrogens with zero attached hydrogens (tertiary/aromatic N) is 4. The van der Waals surface area contributed by atoms with Crippen LogP contribution in [-0.4, -0.2) is 69.8 Å². The Morgan fingerprint density at radius 2 is 1.37 bits per heavy atom. The van der Waals surface area contributed by atoms with E-state index in [0.29, 0.717) is 32.2 Å². The predicted octanol–water partition coefficient (Wildman–Crippen LogP) is 4.99. The summed E-state index contributed by atoms with van der Waals surface area (Å²) >= 11 is 1.97. The van der Waals surface area contributed by atoms with Crippen molar-refractivity contribution < 1.29 is 26.3 Å². The molecule has 4 rings (SSSR count). The molecule has 0 saturated carbocycles. The Morgan fingerprint density at radius 3 is 1.81 bits per heavy atom. The highest BCUT2D eigenvalue weighted by molar-refractivity contribution is 14.1. The van der Waals surface area contributed by atoms with Crippen molar-refractivity contribution in [2.45, 2.75) is 48.6 Å². The third kappa shape index (κ3) is 8.00. The molecule has 0 spiro atoms. The molecule has 230 valence electrons. The summed E-state index contributed by atoms with van der Waals surface area (Å²) < 4.78 is 69.8. The average Bonchev–Trinajstić information content (AvgIpc) is 3.50. The average molecular weight is 756 g/mol. The zero-order valence-corrected chi connectivity index (χ0v) is 29.3. The van der Waals surface area contributed by atoms with Crippen molar-refractivity contribution in [3.8, 4) is 22.9 Å². The van der Waals surface area contributed by atoms with Crippen LogP contribution in [-0.2, 0) is 33.0 Å². The topological polar surface area (TPSA) is 144 Å². The van der Waals surface area contributed by atoms with Gasteiger partial charge in [0.15, 0.2) is 9.84 Å². The molecule has 1 heterocycles. The number of ether oxygens (including phenoxy) is 2. The molecule has 0 atom stereocenters. The Kier molecular flexibility index (Phi) is 10.3. The van der Waals surface area contributed by atoms with Gasteiger partial charge in [0.05, 0.1) is 30.4 Å². The number of halogens is 1. The molecule has 0 fully saturated rings. The van der Waals surface area contributed by atoms with Crippen molar-refractivity contribution in [1.29, 1.82) is 0 Å². The number of benzene rings is 3. The lowest BCUT2D eigenvalue weighted by atomic mass is 10.2. The summed E-state index contributed by atoms with van der Waals surface area (Å²) in [6.07, 6.45) is 0. The second-order valence-electron chi connectivity index (χ2n) is 11.1. The number of H-pyrrole nitrogens is 1. The summed E-state index contributed by atoms with van der Waals surface area (Å²) in [6, 6.07) is 17.5. The fourth-order valence-corrected chi connectivity index (χ4v) is 11.9. The number of sulfonamides is 1. The van der Waals surface area contributed by atoms with Crippen LogP contribution in [0.3, 0.4) is 0 Å². The SMILES string of the molecule is COc1ccc(CN(Cc2ccc(OC)cc2)S(=O)(=O)c2c(S(=O)(=O)CC[Si](C)(C)C)ccc(I)c2-c2nn[nH]n2)cc1. The molecule has 0 saturated heterocycles. The smallest absolute Gasteiger partial charge is 0.245 e. The van der Waals surface area contributed by atoms with Gasteiger partial charge in [-0.1, -0.05) is 43.9 Å². The Morgan fingerprint density at radius 1 is 0.837 bits per heavy atom. The largest absolute Gasteiger partial charge is 0.497 e. The molecule has 0 bridgehead atoms. The van der Waals surface area contributed by atoms with Gasteiger partial charge in [-0.25, -0.2) is 16.8 Å². The molecule has 4 aromatic rings. The van der Waals surface area contributed by atoms with Crippen LogP contribution in [0.1, 0.15) is 11.1 Å². The summed E-state index contributed by atoms with van der Waals surface area (Å²) in [7, 11) is -7.21. The molecule has 0 unspecified atom stereocenters. The van der Waals surface area contributed by atoms with E-state index in [1.807, 2.05) is 22.6 Å². The van der Waals surface area contributed by atoms with Crippen LogP contribution in [0.25, 0.3) is 11.4 Å². The van der Waals surface area contributed by atoms with Gasteiger partial charge in [-0.2, -0.15) is 9.52 Å². The molecular weight excluding hydrogens is 721 g/mol. The number of rotatable bonds is 13. The lowest BCUT2D eigenvalue weighted by Crippen LogP contribution is -2.32. The van der Waals surface area contributed by atoms with Crippen LogP contribution in [0.15, 0.2) is 70.5 Å². The van der Waals surface area contributed by atoms with Gasteiger partial charge in [0, 0.05) is 24.7 Å². The second kappa shape index (κ2) is 13.4. The molecule has 43 heavy (non-hydrogen) atoms. The maximum atomic E-state index is 14.9. The van der Waals surface area contributed by atoms with Crippen LogP contribution >= 0.6 is 22.6 Å². The van der Waals surface area contributed by atoms with Crippen molar-refractivity contribution in [2.75, 3.05) is 20.0 Å². The van der Waals surface area contributed by atoms with E-state index in [9.17, 15) is 16.8 Å². The summed E-state index contributed by atoms with van der Waals surface area (Å²) in [5.74, 6) is 1.07. The van der Waals surface area contributed by atoms with E-state index >= 15 is 0 Å². The molecule has 3 aromatic carbocycles. The van der Waals surface area contributed by atoms with Gasteiger partial charge in [0.1, 0.15) is 16.4 Å². The van der Waals surface area contributed by atoms with E-state index in [-0.39, 0.29) is 40.0 Å². The summed E-state index contributed by atoms with van der Waals surface area (Å²) in [5.41, 5.74) is 1.46. The first-order valence-electron chi connectivity index (χ1n) is 13.3. The number of aromatic nitrogens is 4. The maximum absolute atomic E-state index is 14.9. The number of aromatic amines is 1. The Balaban J connectivity index is 1.93. The molecule has 1 N–H and O–H groups in total. The highest BCUT2D eigenvalue weighted by atomic mass is 127.